The van der Waals surface area contributed by atoms with Crippen molar-refractivity contribution in [3.63, 3.8) is 0 Å². The maximum atomic E-state index is 2.37. The summed E-state index contributed by atoms with van der Waals surface area (Å²) in [4.78, 5) is 0. The number of quaternary nitrogens is 2. The van der Waals surface area contributed by atoms with Crippen LogP contribution in [-0.4, -0.2) is 39.3 Å². The average Bonchev–Trinajstić information content (AvgIpc) is 2.81. The van der Waals surface area contributed by atoms with Gasteiger partial charge in [0.2, 0.25) is 0 Å². The third kappa shape index (κ3) is 5.53. The summed E-state index contributed by atoms with van der Waals surface area (Å²) in [5, 5.41) is 0. The number of unbranched alkanes of at least 4 members (excludes halogenated alkanes) is 1. The van der Waals surface area contributed by atoms with Gasteiger partial charge < -0.3 is 0 Å². The van der Waals surface area contributed by atoms with Crippen LogP contribution in [0, 0.1) is 0 Å². The molecule has 0 unspecified atom stereocenters. The summed E-state index contributed by atoms with van der Waals surface area (Å²) in [6.45, 7) is 20.8. The van der Waals surface area contributed by atoms with Gasteiger partial charge in [-0.25, -0.2) is 0 Å². The molecule has 0 aromatic heterocycles. The Balaban J connectivity index is 1.87. The normalized spacial score (nSPS) is 12.3. The number of aryl methyl sites for hydroxylation is 2. The van der Waals surface area contributed by atoms with Gasteiger partial charge in [-0.2, -0.15) is 0 Å². The summed E-state index contributed by atoms with van der Waals surface area (Å²) >= 11 is 0. The first-order valence-electron chi connectivity index (χ1n) is 12.4. The van der Waals surface area contributed by atoms with Gasteiger partial charge >= 0.3 is 0 Å². The lowest BCUT2D eigenvalue weighted by Gasteiger charge is -2.35. The van der Waals surface area contributed by atoms with E-state index in [0.717, 1.165) is 8.97 Å². The van der Waals surface area contributed by atoms with E-state index in [-0.39, 0.29) is 0 Å². The molecule has 0 saturated heterocycles. The number of nitrogens with zero attached hydrogens (tertiary/aromatic N) is 2. The van der Waals surface area contributed by atoms with Crippen LogP contribution in [0.1, 0.15) is 65.5 Å². The molecule has 0 aliphatic carbocycles. The van der Waals surface area contributed by atoms with Crippen molar-refractivity contribution in [1.29, 1.82) is 0 Å². The van der Waals surface area contributed by atoms with E-state index in [1.165, 1.54) is 87.5 Å². The van der Waals surface area contributed by atoms with Crippen molar-refractivity contribution in [3.05, 3.63) is 59.7 Å². The minimum Gasteiger partial charge on any atom is -0.292 e. The highest BCUT2D eigenvalue weighted by Gasteiger charge is 2.24. The second kappa shape index (κ2) is 11.7. The molecule has 0 saturated carbocycles. The van der Waals surface area contributed by atoms with Crippen LogP contribution in [0.4, 0.5) is 11.4 Å². The van der Waals surface area contributed by atoms with Gasteiger partial charge in [-0.05, 0) is 103 Å². The topological polar surface area (TPSA) is 0 Å². The molecular weight excluding hydrogens is 364 g/mol. The zero-order valence-corrected chi connectivity index (χ0v) is 20.6. The Labute approximate surface area is 186 Å². The molecule has 0 aliphatic rings. The van der Waals surface area contributed by atoms with Crippen molar-refractivity contribution in [2.24, 2.45) is 0 Å². The molecular formula is C28H46N2+2. The summed E-state index contributed by atoms with van der Waals surface area (Å²) in [5.74, 6) is 0. The van der Waals surface area contributed by atoms with Gasteiger partial charge in [-0.3, -0.25) is 8.97 Å². The Bertz CT molecular complexity index is 640. The van der Waals surface area contributed by atoms with Gasteiger partial charge in [0.1, 0.15) is 11.4 Å². The number of hydrogen-bond donors (Lipinski definition) is 0. The summed E-state index contributed by atoms with van der Waals surface area (Å²) in [6.07, 6.45) is 4.89. The van der Waals surface area contributed by atoms with Crippen molar-refractivity contribution in [1.82, 2.24) is 8.97 Å². The monoisotopic (exact) mass is 410 g/mol. The van der Waals surface area contributed by atoms with Crippen molar-refractivity contribution in [2.45, 2.75) is 67.2 Å². The SMILES string of the molecule is CC[N+](CC)(CC)c1ccc(CCCCc2ccc([N+](CC)(CC)CC)cc2)cc1. The lowest BCUT2D eigenvalue weighted by atomic mass is 10.0. The molecule has 2 aromatic rings. The van der Waals surface area contributed by atoms with Gasteiger partial charge in [-0.1, -0.05) is 24.3 Å². The average molecular weight is 411 g/mol. The molecule has 30 heavy (non-hydrogen) atoms. The highest BCUT2D eigenvalue weighted by molar-refractivity contribution is 5.45. The number of benzene rings is 2. The van der Waals surface area contributed by atoms with E-state index < -0.39 is 0 Å². The first kappa shape index (κ1) is 24.6. The molecule has 0 amide bonds. The zero-order chi connectivity index (χ0) is 22.0. The van der Waals surface area contributed by atoms with Gasteiger partial charge in [0, 0.05) is 0 Å². The predicted molar refractivity (Wildman–Crippen MR) is 136 cm³/mol. The highest BCUT2D eigenvalue weighted by atomic mass is 15.3. The van der Waals surface area contributed by atoms with Crippen LogP contribution in [-0.2, 0) is 12.8 Å². The van der Waals surface area contributed by atoms with Crippen LogP contribution >= 0.6 is 0 Å². The van der Waals surface area contributed by atoms with Crippen molar-refractivity contribution >= 4 is 11.4 Å². The third-order valence-corrected chi connectivity index (χ3v) is 7.78. The highest BCUT2D eigenvalue weighted by Crippen LogP contribution is 2.25. The Morgan fingerprint density at radius 3 is 0.933 bits per heavy atom. The first-order valence-corrected chi connectivity index (χ1v) is 12.4. The predicted octanol–water partition coefficient (Wildman–Crippen LogP) is 6.99. The second-order valence-electron chi connectivity index (χ2n) is 8.73. The van der Waals surface area contributed by atoms with E-state index in [1.807, 2.05) is 0 Å². The summed E-state index contributed by atoms with van der Waals surface area (Å²) < 4.78 is 2.18. The Morgan fingerprint density at radius 2 is 0.700 bits per heavy atom. The van der Waals surface area contributed by atoms with Crippen LogP contribution in [0.25, 0.3) is 0 Å². The van der Waals surface area contributed by atoms with Gasteiger partial charge in [0.15, 0.2) is 0 Å². The van der Waals surface area contributed by atoms with Crippen molar-refractivity contribution in [2.75, 3.05) is 39.3 Å². The van der Waals surface area contributed by atoms with Crippen LogP contribution in [0.15, 0.2) is 48.5 Å². The molecule has 166 valence electrons. The zero-order valence-electron chi connectivity index (χ0n) is 20.6. The van der Waals surface area contributed by atoms with Gasteiger partial charge in [-0.15, -0.1) is 0 Å². The molecule has 0 radical (unpaired) electrons. The number of hydrogen-bond acceptors (Lipinski definition) is 0. The molecule has 0 bridgehead atoms. The quantitative estimate of drug-likeness (QED) is 0.247. The van der Waals surface area contributed by atoms with Crippen molar-refractivity contribution in [3.8, 4) is 0 Å². The lowest BCUT2D eigenvalue weighted by Crippen LogP contribution is -2.48. The Morgan fingerprint density at radius 1 is 0.433 bits per heavy atom. The maximum absolute atomic E-state index is 2.37. The molecule has 0 N–H and O–H groups in total. The fourth-order valence-corrected chi connectivity index (χ4v) is 5.05. The van der Waals surface area contributed by atoms with E-state index >= 15 is 0 Å². The number of rotatable bonds is 13. The van der Waals surface area contributed by atoms with Crippen LogP contribution in [0.5, 0.6) is 0 Å². The molecule has 2 rings (SSSR count). The maximum Gasteiger partial charge on any atom is 0.132 e. The summed E-state index contributed by atoms with van der Waals surface area (Å²) in [5.41, 5.74) is 5.89. The molecule has 0 fully saturated rings. The molecule has 0 heterocycles. The largest absolute Gasteiger partial charge is 0.292 e. The Hall–Kier alpha value is -1.64. The summed E-state index contributed by atoms with van der Waals surface area (Å²) in [6, 6.07) is 18.9. The van der Waals surface area contributed by atoms with Gasteiger partial charge in [0.05, 0.1) is 39.3 Å². The first-order chi connectivity index (χ1) is 14.5. The van der Waals surface area contributed by atoms with Crippen molar-refractivity contribution < 1.29 is 0 Å². The van der Waals surface area contributed by atoms with Crippen LogP contribution < -0.4 is 8.97 Å². The molecule has 0 spiro atoms. The minimum atomic E-state index is 1.09. The van der Waals surface area contributed by atoms with E-state index in [2.05, 4.69) is 90.1 Å². The van der Waals surface area contributed by atoms with E-state index in [9.17, 15) is 0 Å². The molecule has 2 aromatic carbocycles. The van der Waals surface area contributed by atoms with E-state index in [0.29, 0.717) is 0 Å². The molecule has 0 atom stereocenters. The minimum absolute atomic E-state index is 1.09. The standard InChI is InChI=1S/C28H46N2/c1-7-29(8-2,9-3)27-21-17-25(18-22-27)15-13-14-16-26-19-23-28(24-20-26)30(10-4,11-5)12-6/h17-24H,7-16H2,1-6H3/q+2. The lowest BCUT2D eigenvalue weighted by molar-refractivity contribution is 0.316. The van der Waals surface area contributed by atoms with Crippen LogP contribution in [0.3, 0.4) is 0 Å². The van der Waals surface area contributed by atoms with Gasteiger partial charge in [0.25, 0.3) is 0 Å². The van der Waals surface area contributed by atoms with E-state index in [4.69, 9.17) is 0 Å². The third-order valence-electron chi connectivity index (χ3n) is 7.78. The Kier molecular flexibility index (Phi) is 9.58. The smallest absolute Gasteiger partial charge is 0.132 e. The fourth-order valence-electron chi connectivity index (χ4n) is 5.05. The molecule has 2 nitrogen and oxygen atoms in total. The summed E-state index contributed by atoms with van der Waals surface area (Å²) in [7, 11) is 0. The van der Waals surface area contributed by atoms with E-state index in [1.54, 1.807) is 0 Å². The van der Waals surface area contributed by atoms with Crippen LogP contribution in [0.2, 0.25) is 0 Å². The second-order valence-corrected chi connectivity index (χ2v) is 8.73. The molecule has 0 aliphatic heterocycles. The fraction of sp³-hybridized carbons (Fsp3) is 0.571. The molecule has 2 heteroatoms.